The number of nitrogens with two attached hydrogens (primary N) is 1. The first-order chi connectivity index (χ1) is 10.2. The predicted octanol–water partition coefficient (Wildman–Crippen LogP) is 5.77. The molecule has 0 saturated heterocycles. The smallest absolute Gasteiger partial charge is 0.0824 e. The molecule has 110 valence electrons. The van der Waals surface area contributed by atoms with Gasteiger partial charge in [0.2, 0.25) is 0 Å². The van der Waals surface area contributed by atoms with Crippen LogP contribution in [0.3, 0.4) is 0 Å². The van der Waals surface area contributed by atoms with Crippen molar-refractivity contribution in [2.45, 2.75) is 42.6 Å². The van der Waals surface area contributed by atoms with Crippen LogP contribution in [0.1, 0.15) is 59.3 Å². The molecule has 0 aliphatic heterocycles. The number of hydrogen-bond acceptors (Lipinski definition) is 1. The maximum atomic E-state index is 6.14. The summed E-state index contributed by atoms with van der Waals surface area (Å²) in [4.78, 5) is 0. The van der Waals surface area contributed by atoms with Crippen molar-refractivity contribution in [3.8, 4) is 0 Å². The largest absolute Gasteiger partial charge is 0.316 e. The van der Waals surface area contributed by atoms with Crippen molar-refractivity contribution >= 4 is 33.7 Å². The normalized spacial score (nSPS) is 19.9. The second-order valence-electron chi connectivity index (χ2n) is 5.88. The SMILES string of the molecule is NC(I)c1cc(C2=CC=CCC2)cc(C2=CCCCC2)c1. The Morgan fingerprint density at radius 2 is 1.76 bits per heavy atom. The number of hydrogen-bond donors (Lipinski definition) is 1. The number of rotatable bonds is 3. The monoisotopic (exact) mass is 391 g/mol. The van der Waals surface area contributed by atoms with E-state index >= 15 is 0 Å². The number of allylic oxidation sites excluding steroid dienone is 6. The van der Waals surface area contributed by atoms with Gasteiger partial charge < -0.3 is 5.73 Å². The van der Waals surface area contributed by atoms with Crippen LogP contribution in [0, 0.1) is 0 Å². The van der Waals surface area contributed by atoms with E-state index in [1.807, 2.05) is 0 Å². The van der Waals surface area contributed by atoms with E-state index in [4.69, 9.17) is 5.73 Å². The Hall–Kier alpha value is -0.870. The highest BCUT2D eigenvalue weighted by Gasteiger charge is 2.13. The van der Waals surface area contributed by atoms with Gasteiger partial charge in [-0.05, 0) is 84.6 Å². The Bertz CT molecular complexity index is 608. The van der Waals surface area contributed by atoms with E-state index in [1.54, 1.807) is 0 Å². The molecule has 2 N–H and O–H groups in total. The van der Waals surface area contributed by atoms with Crippen LogP contribution in [0.4, 0.5) is 0 Å². The number of halogens is 1. The molecule has 0 fully saturated rings. The van der Waals surface area contributed by atoms with Crippen LogP contribution in [-0.2, 0) is 0 Å². The van der Waals surface area contributed by atoms with Gasteiger partial charge in [-0.1, -0.05) is 46.9 Å². The van der Waals surface area contributed by atoms with Crippen LogP contribution in [0.2, 0.25) is 0 Å². The third-order valence-electron chi connectivity index (χ3n) is 4.32. The van der Waals surface area contributed by atoms with Crippen molar-refractivity contribution in [1.82, 2.24) is 0 Å². The highest BCUT2D eigenvalue weighted by molar-refractivity contribution is 14.1. The zero-order chi connectivity index (χ0) is 14.7. The van der Waals surface area contributed by atoms with Gasteiger partial charge >= 0.3 is 0 Å². The third kappa shape index (κ3) is 3.67. The fourth-order valence-electron chi connectivity index (χ4n) is 3.13. The van der Waals surface area contributed by atoms with E-state index in [9.17, 15) is 0 Å². The molecule has 0 spiro atoms. The lowest BCUT2D eigenvalue weighted by molar-refractivity contribution is 0.742. The first-order valence-corrected chi connectivity index (χ1v) is 9.09. The molecular weight excluding hydrogens is 369 g/mol. The van der Waals surface area contributed by atoms with E-state index in [0.29, 0.717) is 0 Å². The molecule has 1 unspecified atom stereocenters. The summed E-state index contributed by atoms with van der Waals surface area (Å²) < 4.78 is 0.0604. The minimum absolute atomic E-state index is 0.0604. The van der Waals surface area contributed by atoms with Gasteiger partial charge in [-0.3, -0.25) is 0 Å². The van der Waals surface area contributed by atoms with E-state index in [1.165, 1.54) is 53.5 Å². The molecule has 1 aromatic carbocycles. The standard InChI is InChI=1S/C19H22IN/c20-19(21)18-12-16(14-7-3-1-4-8-14)11-17(13-18)15-9-5-2-6-10-15/h1,3,7,9,11-13,19H,2,4-6,8,10,21H2. The first kappa shape index (κ1) is 15.0. The van der Waals surface area contributed by atoms with Gasteiger partial charge in [-0.15, -0.1) is 0 Å². The van der Waals surface area contributed by atoms with Crippen molar-refractivity contribution < 1.29 is 0 Å². The Balaban J connectivity index is 2.03. The summed E-state index contributed by atoms with van der Waals surface area (Å²) >= 11 is 2.31. The van der Waals surface area contributed by atoms with Crippen LogP contribution in [0.15, 0.2) is 42.5 Å². The maximum absolute atomic E-state index is 6.14. The molecule has 2 heteroatoms. The lowest BCUT2D eigenvalue weighted by Gasteiger charge is -2.18. The molecule has 21 heavy (non-hydrogen) atoms. The minimum Gasteiger partial charge on any atom is -0.316 e. The van der Waals surface area contributed by atoms with Crippen LogP contribution >= 0.6 is 22.6 Å². The summed E-state index contributed by atoms with van der Waals surface area (Å²) in [6.07, 6.45) is 16.4. The summed E-state index contributed by atoms with van der Waals surface area (Å²) in [6, 6.07) is 6.93. The summed E-state index contributed by atoms with van der Waals surface area (Å²) in [5.74, 6) is 0. The summed E-state index contributed by atoms with van der Waals surface area (Å²) in [5.41, 5.74) is 13.1. The Morgan fingerprint density at radius 1 is 0.952 bits per heavy atom. The molecule has 2 aliphatic rings. The molecule has 0 amide bonds. The van der Waals surface area contributed by atoms with Crippen molar-refractivity contribution in [2.75, 3.05) is 0 Å². The van der Waals surface area contributed by atoms with E-state index in [2.05, 4.69) is 65.1 Å². The molecule has 1 atom stereocenters. The van der Waals surface area contributed by atoms with E-state index < -0.39 is 0 Å². The minimum atomic E-state index is 0.0604. The fourth-order valence-corrected chi connectivity index (χ4v) is 3.48. The van der Waals surface area contributed by atoms with Gasteiger partial charge in [0.15, 0.2) is 0 Å². The second-order valence-corrected chi connectivity index (χ2v) is 7.22. The van der Waals surface area contributed by atoms with E-state index in [0.717, 1.165) is 12.8 Å². The molecule has 0 heterocycles. The molecule has 0 radical (unpaired) electrons. The molecule has 3 rings (SSSR count). The summed E-state index contributed by atoms with van der Waals surface area (Å²) in [7, 11) is 0. The van der Waals surface area contributed by atoms with Gasteiger partial charge in [0.05, 0.1) is 4.05 Å². The average molecular weight is 391 g/mol. The van der Waals surface area contributed by atoms with Gasteiger partial charge in [-0.25, -0.2) is 0 Å². The van der Waals surface area contributed by atoms with Gasteiger partial charge in [-0.2, -0.15) is 0 Å². The Morgan fingerprint density at radius 3 is 2.38 bits per heavy atom. The highest BCUT2D eigenvalue weighted by atomic mass is 127. The molecular formula is C19H22IN. The van der Waals surface area contributed by atoms with Crippen molar-refractivity contribution in [2.24, 2.45) is 5.73 Å². The van der Waals surface area contributed by atoms with Crippen LogP contribution in [0.25, 0.3) is 11.1 Å². The lowest BCUT2D eigenvalue weighted by atomic mass is 9.88. The number of benzene rings is 1. The lowest BCUT2D eigenvalue weighted by Crippen LogP contribution is -2.04. The van der Waals surface area contributed by atoms with E-state index in [-0.39, 0.29) is 4.05 Å². The second kappa shape index (κ2) is 6.93. The molecule has 1 nitrogen and oxygen atoms in total. The van der Waals surface area contributed by atoms with Crippen LogP contribution < -0.4 is 5.73 Å². The molecule has 0 bridgehead atoms. The average Bonchev–Trinajstić information content (AvgIpc) is 2.56. The fraction of sp³-hybridized carbons (Fsp3) is 0.368. The van der Waals surface area contributed by atoms with Crippen LogP contribution in [-0.4, -0.2) is 0 Å². The molecule has 0 aromatic heterocycles. The Labute approximate surface area is 141 Å². The summed E-state index contributed by atoms with van der Waals surface area (Å²) in [5, 5.41) is 0. The topological polar surface area (TPSA) is 26.0 Å². The maximum Gasteiger partial charge on any atom is 0.0824 e. The van der Waals surface area contributed by atoms with Crippen molar-refractivity contribution in [3.63, 3.8) is 0 Å². The summed E-state index contributed by atoms with van der Waals surface area (Å²) in [6.45, 7) is 0. The zero-order valence-corrected chi connectivity index (χ0v) is 14.5. The third-order valence-corrected chi connectivity index (χ3v) is 5.04. The Kier molecular flexibility index (Phi) is 4.96. The first-order valence-electron chi connectivity index (χ1n) is 7.84. The molecule has 0 saturated carbocycles. The predicted molar refractivity (Wildman–Crippen MR) is 100 cm³/mol. The molecule has 2 aliphatic carbocycles. The highest BCUT2D eigenvalue weighted by Crippen LogP contribution is 2.33. The van der Waals surface area contributed by atoms with Crippen LogP contribution in [0.5, 0.6) is 0 Å². The molecule has 1 aromatic rings. The van der Waals surface area contributed by atoms with Crippen molar-refractivity contribution in [3.05, 3.63) is 59.2 Å². The zero-order valence-electron chi connectivity index (χ0n) is 12.3. The van der Waals surface area contributed by atoms with Gasteiger partial charge in [0.1, 0.15) is 0 Å². The number of alkyl halides is 1. The van der Waals surface area contributed by atoms with Crippen molar-refractivity contribution in [1.29, 1.82) is 0 Å². The quantitative estimate of drug-likeness (QED) is 0.395. The van der Waals surface area contributed by atoms with Gasteiger partial charge in [0.25, 0.3) is 0 Å². The van der Waals surface area contributed by atoms with Gasteiger partial charge in [0, 0.05) is 0 Å².